The van der Waals surface area contributed by atoms with Crippen LogP contribution in [-0.4, -0.2) is 39.3 Å². The summed E-state index contributed by atoms with van der Waals surface area (Å²) < 4.78 is 0. The van der Waals surface area contributed by atoms with Crippen LogP contribution in [0.2, 0.25) is 0 Å². The monoisotopic (exact) mass is 350 g/mol. The molecule has 0 radical (unpaired) electrons. The summed E-state index contributed by atoms with van der Waals surface area (Å²) in [5.41, 5.74) is 0.503. The van der Waals surface area contributed by atoms with Crippen molar-refractivity contribution >= 4 is 11.8 Å². The van der Waals surface area contributed by atoms with E-state index in [2.05, 4.69) is 19.1 Å². The minimum Gasteiger partial charge on any atom is -0.481 e. The molecule has 0 unspecified atom stereocenters. The van der Waals surface area contributed by atoms with Gasteiger partial charge in [0.25, 0.3) is 0 Å². The highest BCUT2D eigenvalue weighted by molar-refractivity contribution is 6.07. The van der Waals surface area contributed by atoms with Crippen LogP contribution in [0.1, 0.15) is 58.3 Å². The Morgan fingerprint density at radius 3 is 2.68 bits per heavy atom. The van der Waals surface area contributed by atoms with Gasteiger partial charge in [-0.15, -0.1) is 0 Å². The quantitative estimate of drug-likeness (QED) is 0.285. The van der Waals surface area contributed by atoms with Gasteiger partial charge in [0, 0.05) is 17.9 Å². The van der Waals surface area contributed by atoms with Gasteiger partial charge in [-0.3, -0.25) is 9.59 Å². The van der Waals surface area contributed by atoms with Gasteiger partial charge < -0.3 is 15.3 Å². The number of aliphatic carboxylic acids is 1. The Balaban J connectivity index is 2.52. The summed E-state index contributed by atoms with van der Waals surface area (Å²) in [5.74, 6) is -1.14. The van der Waals surface area contributed by atoms with Gasteiger partial charge in [-0.2, -0.15) is 0 Å². The lowest BCUT2D eigenvalue weighted by Gasteiger charge is -2.16. The molecule has 0 spiro atoms. The van der Waals surface area contributed by atoms with Crippen molar-refractivity contribution in [3.63, 3.8) is 0 Å². The second-order valence-electron chi connectivity index (χ2n) is 6.50. The number of hydrogen-bond acceptors (Lipinski definition) is 4. The molecule has 0 saturated heterocycles. The lowest BCUT2D eigenvalue weighted by atomic mass is 9.94. The number of hydrogen-bond donors (Lipinski definition) is 3. The van der Waals surface area contributed by atoms with E-state index in [-0.39, 0.29) is 31.0 Å². The summed E-state index contributed by atoms with van der Waals surface area (Å²) in [6, 6.07) is 0. The minimum absolute atomic E-state index is 0.0493. The third kappa shape index (κ3) is 8.27. The van der Waals surface area contributed by atoms with Gasteiger partial charge in [0.2, 0.25) is 0 Å². The van der Waals surface area contributed by atoms with Gasteiger partial charge in [0.05, 0.1) is 12.2 Å². The van der Waals surface area contributed by atoms with Gasteiger partial charge in [-0.25, -0.2) is 0 Å². The number of ketones is 1. The molecule has 140 valence electrons. The van der Waals surface area contributed by atoms with Crippen molar-refractivity contribution in [1.82, 2.24) is 0 Å². The third-order valence-electron chi connectivity index (χ3n) is 4.33. The third-order valence-corrected chi connectivity index (χ3v) is 4.33. The topological polar surface area (TPSA) is 94.8 Å². The highest BCUT2D eigenvalue weighted by atomic mass is 16.4. The largest absolute Gasteiger partial charge is 0.481 e. The molecular formula is C20H30O5. The molecule has 5 heteroatoms. The van der Waals surface area contributed by atoms with Crippen LogP contribution < -0.4 is 0 Å². The molecular weight excluding hydrogens is 320 g/mol. The molecule has 0 fully saturated rings. The van der Waals surface area contributed by atoms with Gasteiger partial charge in [-0.1, -0.05) is 38.0 Å². The molecule has 0 aliphatic heterocycles. The van der Waals surface area contributed by atoms with E-state index < -0.39 is 18.2 Å². The van der Waals surface area contributed by atoms with Crippen molar-refractivity contribution in [2.75, 3.05) is 0 Å². The molecule has 0 aromatic rings. The zero-order valence-corrected chi connectivity index (χ0v) is 14.9. The highest BCUT2D eigenvalue weighted by Crippen LogP contribution is 2.26. The Morgan fingerprint density at radius 1 is 1.24 bits per heavy atom. The van der Waals surface area contributed by atoms with E-state index in [0.29, 0.717) is 12.0 Å². The number of carbonyl (C=O) groups excluding carboxylic acids is 1. The number of carbonyl (C=O) groups is 2. The molecule has 0 saturated carbocycles. The molecule has 0 heterocycles. The van der Waals surface area contributed by atoms with Crippen molar-refractivity contribution in [3.05, 3.63) is 36.0 Å². The SMILES string of the molecule is CCCCC/C=C\C[C@H]1C=CC(=O)/C1=C/[C@@H](O)[C@@H](O)CCCC(=O)O. The van der Waals surface area contributed by atoms with E-state index >= 15 is 0 Å². The average molecular weight is 350 g/mol. The van der Waals surface area contributed by atoms with E-state index in [9.17, 15) is 19.8 Å². The maximum absolute atomic E-state index is 12.0. The maximum atomic E-state index is 12.0. The lowest BCUT2D eigenvalue weighted by Crippen LogP contribution is -2.25. The average Bonchev–Trinajstić information content (AvgIpc) is 2.90. The predicted molar refractivity (Wildman–Crippen MR) is 97.1 cm³/mol. The predicted octanol–water partition coefficient (Wildman–Crippen LogP) is 3.17. The Bertz CT molecular complexity index is 518. The van der Waals surface area contributed by atoms with Crippen LogP contribution in [0.5, 0.6) is 0 Å². The maximum Gasteiger partial charge on any atom is 0.303 e. The summed E-state index contributed by atoms with van der Waals surface area (Å²) in [4.78, 5) is 22.5. The number of rotatable bonds is 12. The molecule has 0 amide bonds. The van der Waals surface area contributed by atoms with Crippen LogP contribution >= 0.6 is 0 Å². The lowest BCUT2D eigenvalue weighted by molar-refractivity contribution is -0.137. The van der Waals surface area contributed by atoms with Crippen molar-refractivity contribution in [2.45, 2.75) is 70.5 Å². The fourth-order valence-electron chi connectivity index (χ4n) is 2.80. The molecule has 3 N–H and O–H groups in total. The fourth-order valence-corrected chi connectivity index (χ4v) is 2.80. The highest BCUT2D eigenvalue weighted by Gasteiger charge is 2.24. The van der Waals surface area contributed by atoms with Crippen molar-refractivity contribution in [1.29, 1.82) is 0 Å². The van der Waals surface area contributed by atoms with Crippen LogP contribution in [0, 0.1) is 5.92 Å². The van der Waals surface area contributed by atoms with Gasteiger partial charge >= 0.3 is 5.97 Å². The number of carboxylic acids is 1. The number of unbranched alkanes of at least 4 members (excludes halogenated alkanes) is 3. The molecule has 0 bridgehead atoms. The van der Waals surface area contributed by atoms with Crippen LogP contribution in [0.15, 0.2) is 36.0 Å². The molecule has 1 rings (SSSR count). The fraction of sp³-hybridized carbons (Fsp3) is 0.600. The molecule has 5 nitrogen and oxygen atoms in total. The first-order valence-corrected chi connectivity index (χ1v) is 9.12. The summed E-state index contributed by atoms with van der Waals surface area (Å²) >= 11 is 0. The first-order chi connectivity index (χ1) is 12.0. The Labute approximate surface area is 149 Å². The van der Waals surface area contributed by atoms with E-state index in [1.54, 1.807) is 0 Å². The van der Waals surface area contributed by atoms with Crippen LogP contribution in [0.4, 0.5) is 0 Å². The number of aliphatic hydroxyl groups is 2. The second-order valence-corrected chi connectivity index (χ2v) is 6.50. The molecule has 25 heavy (non-hydrogen) atoms. The van der Waals surface area contributed by atoms with E-state index in [1.165, 1.54) is 25.0 Å². The molecule has 1 aliphatic rings. The first kappa shape index (κ1) is 21.3. The number of aliphatic hydroxyl groups excluding tert-OH is 2. The first-order valence-electron chi connectivity index (χ1n) is 9.12. The number of carboxylic acid groups (broad SMARTS) is 1. The summed E-state index contributed by atoms with van der Waals surface area (Å²) in [5, 5.41) is 28.6. The molecule has 0 aromatic heterocycles. The summed E-state index contributed by atoms with van der Waals surface area (Å²) in [7, 11) is 0. The van der Waals surface area contributed by atoms with Gasteiger partial charge in [0.1, 0.15) is 0 Å². The Kier molecular flexibility index (Phi) is 10.0. The normalized spacial score (nSPS) is 21.3. The van der Waals surface area contributed by atoms with Crippen LogP contribution in [0.25, 0.3) is 0 Å². The van der Waals surface area contributed by atoms with Crippen molar-refractivity contribution < 1.29 is 24.9 Å². The van der Waals surface area contributed by atoms with E-state index in [0.717, 1.165) is 12.8 Å². The zero-order valence-electron chi connectivity index (χ0n) is 14.9. The van der Waals surface area contributed by atoms with E-state index in [4.69, 9.17) is 5.11 Å². The molecule has 0 aromatic carbocycles. The van der Waals surface area contributed by atoms with Gasteiger partial charge in [0.15, 0.2) is 5.78 Å². The summed E-state index contributed by atoms with van der Waals surface area (Å²) in [6.07, 6.45) is 12.4. The number of allylic oxidation sites excluding steroid dienone is 5. The standard InChI is InChI=1S/C20H30O5/c1-2-3-4-5-6-7-9-15-12-13-17(21)16(15)14-19(23)18(22)10-8-11-20(24)25/h6-7,12-15,18-19,22-23H,2-5,8-11H2,1H3,(H,24,25)/b7-6-,16-14+/t15-,18-,19+/m0/s1. The van der Waals surface area contributed by atoms with Crippen LogP contribution in [0.3, 0.4) is 0 Å². The summed E-state index contributed by atoms with van der Waals surface area (Å²) in [6.45, 7) is 2.16. The van der Waals surface area contributed by atoms with Crippen molar-refractivity contribution in [3.8, 4) is 0 Å². The zero-order chi connectivity index (χ0) is 18.7. The van der Waals surface area contributed by atoms with Gasteiger partial charge in [-0.05, 0) is 44.3 Å². The van der Waals surface area contributed by atoms with E-state index in [1.807, 2.05) is 6.08 Å². The minimum atomic E-state index is -1.16. The Morgan fingerprint density at radius 2 is 2.00 bits per heavy atom. The molecule has 1 aliphatic carbocycles. The van der Waals surface area contributed by atoms with Crippen molar-refractivity contribution in [2.24, 2.45) is 5.92 Å². The molecule has 3 atom stereocenters. The van der Waals surface area contributed by atoms with Crippen LogP contribution in [-0.2, 0) is 9.59 Å². The smallest absolute Gasteiger partial charge is 0.303 e. The Hall–Kier alpha value is -1.72. The second kappa shape index (κ2) is 11.8.